The van der Waals surface area contributed by atoms with Gasteiger partial charge in [-0.05, 0) is 26.7 Å². The standard InChI is InChI=1S/C14H17F3N2O3S/c1-8(6-4-5-7-10(20)22-3)18-12(21)11-9(2)19-13(23-11)14(15,16)17/h5,7-8H,4,6H2,1-3H3,(H,18,21)/b7-5+. The molecule has 0 radical (unpaired) electrons. The zero-order valence-electron chi connectivity index (χ0n) is 12.9. The van der Waals surface area contributed by atoms with Crippen LogP contribution in [0.1, 0.15) is 40.1 Å². The van der Waals surface area contributed by atoms with E-state index < -0.39 is 23.1 Å². The number of nitrogens with zero attached hydrogens (tertiary/aromatic N) is 1. The molecule has 1 aromatic heterocycles. The molecule has 1 heterocycles. The summed E-state index contributed by atoms with van der Waals surface area (Å²) >= 11 is 0.328. The van der Waals surface area contributed by atoms with Crippen molar-refractivity contribution in [3.63, 3.8) is 0 Å². The first-order valence-corrected chi connectivity index (χ1v) is 7.56. The molecule has 0 aliphatic heterocycles. The minimum Gasteiger partial charge on any atom is -0.466 e. The molecule has 128 valence electrons. The van der Waals surface area contributed by atoms with Crippen LogP contribution in [0.3, 0.4) is 0 Å². The number of alkyl halides is 3. The van der Waals surface area contributed by atoms with Crippen LogP contribution >= 0.6 is 11.3 Å². The van der Waals surface area contributed by atoms with Gasteiger partial charge in [0.15, 0.2) is 5.01 Å². The zero-order chi connectivity index (χ0) is 17.6. The number of hydrogen-bond donors (Lipinski definition) is 1. The van der Waals surface area contributed by atoms with E-state index in [1.807, 2.05) is 0 Å². The topological polar surface area (TPSA) is 68.3 Å². The quantitative estimate of drug-likeness (QED) is 0.632. The molecule has 1 aromatic rings. The maximum Gasteiger partial charge on any atom is 0.443 e. The van der Waals surface area contributed by atoms with E-state index in [1.165, 1.54) is 20.1 Å². The van der Waals surface area contributed by atoms with Crippen molar-refractivity contribution in [3.8, 4) is 0 Å². The lowest BCUT2D eigenvalue weighted by Gasteiger charge is -2.12. The summed E-state index contributed by atoms with van der Waals surface area (Å²) in [6.45, 7) is 3.09. The number of aromatic nitrogens is 1. The van der Waals surface area contributed by atoms with Crippen LogP contribution in [0.5, 0.6) is 0 Å². The third-order valence-electron chi connectivity index (χ3n) is 2.84. The van der Waals surface area contributed by atoms with E-state index in [0.717, 1.165) is 0 Å². The van der Waals surface area contributed by atoms with Crippen LogP contribution in [0.2, 0.25) is 0 Å². The van der Waals surface area contributed by atoms with Gasteiger partial charge in [-0.25, -0.2) is 9.78 Å². The first kappa shape index (κ1) is 19.1. The molecule has 5 nitrogen and oxygen atoms in total. The Kier molecular flexibility index (Phi) is 6.74. The van der Waals surface area contributed by atoms with Gasteiger partial charge in [0.25, 0.3) is 5.91 Å². The smallest absolute Gasteiger partial charge is 0.443 e. The molecule has 1 amide bonds. The molecule has 0 aliphatic rings. The number of esters is 1. The van der Waals surface area contributed by atoms with E-state index in [1.54, 1.807) is 13.0 Å². The van der Waals surface area contributed by atoms with Gasteiger partial charge >= 0.3 is 12.1 Å². The molecule has 0 saturated heterocycles. The number of rotatable bonds is 6. The Bertz CT molecular complexity index is 597. The summed E-state index contributed by atoms with van der Waals surface area (Å²) in [7, 11) is 1.27. The van der Waals surface area contributed by atoms with Crippen LogP contribution in [0.15, 0.2) is 12.2 Å². The van der Waals surface area contributed by atoms with E-state index >= 15 is 0 Å². The van der Waals surface area contributed by atoms with Crippen LogP contribution in [0.25, 0.3) is 0 Å². The van der Waals surface area contributed by atoms with Crippen LogP contribution < -0.4 is 5.32 Å². The summed E-state index contributed by atoms with van der Waals surface area (Å²) in [5, 5.41) is 1.58. The zero-order valence-corrected chi connectivity index (χ0v) is 13.7. The van der Waals surface area contributed by atoms with E-state index in [2.05, 4.69) is 15.0 Å². The summed E-state index contributed by atoms with van der Waals surface area (Å²) < 4.78 is 42.2. The summed E-state index contributed by atoms with van der Waals surface area (Å²) in [5.41, 5.74) is 0.0533. The first-order valence-electron chi connectivity index (χ1n) is 6.75. The predicted molar refractivity (Wildman–Crippen MR) is 79.2 cm³/mol. The van der Waals surface area contributed by atoms with Crippen LogP contribution in [0, 0.1) is 6.92 Å². The normalized spacial score (nSPS) is 13.1. The summed E-state index contributed by atoms with van der Waals surface area (Å²) in [5.74, 6) is -1.05. The number of amides is 1. The maximum atomic E-state index is 12.6. The monoisotopic (exact) mass is 350 g/mol. The van der Waals surface area contributed by atoms with Gasteiger partial charge in [0.2, 0.25) is 0 Å². The number of carbonyl (C=O) groups is 2. The molecule has 1 N–H and O–H groups in total. The lowest BCUT2D eigenvalue weighted by molar-refractivity contribution is -0.137. The maximum absolute atomic E-state index is 12.6. The Morgan fingerprint density at radius 3 is 2.61 bits per heavy atom. The van der Waals surface area contributed by atoms with Crippen molar-refractivity contribution in [2.45, 2.75) is 38.9 Å². The molecule has 23 heavy (non-hydrogen) atoms. The fourth-order valence-corrected chi connectivity index (χ4v) is 2.52. The van der Waals surface area contributed by atoms with Gasteiger partial charge in [0.05, 0.1) is 12.8 Å². The molecule has 0 aromatic carbocycles. The highest BCUT2D eigenvalue weighted by molar-refractivity contribution is 7.13. The summed E-state index contributed by atoms with van der Waals surface area (Å²) in [6, 6.07) is -0.263. The molecule has 1 unspecified atom stereocenters. The van der Waals surface area contributed by atoms with Crippen molar-refractivity contribution < 1.29 is 27.5 Å². The van der Waals surface area contributed by atoms with Gasteiger partial charge in [-0.1, -0.05) is 6.08 Å². The number of halogens is 3. The minimum atomic E-state index is -4.56. The largest absolute Gasteiger partial charge is 0.466 e. The van der Waals surface area contributed by atoms with Crippen LogP contribution in [0.4, 0.5) is 13.2 Å². The molecule has 0 fully saturated rings. The third kappa shape index (κ3) is 6.01. The number of hydrogen-bond acceptors (Lipinski definition) is 5. The van der Waals surface area contributed by atoms with Gasteiger partial charge in [-0.15, -0.1) is 11.3 Å². The minimum absolute atomic E-state index is 0.0470. The summed E-state index contributed by atoms with van der Waals surface area (Å²) in [6.07, 6.45) is -0.626. The molecule has 0 spiro atoms. The number of methoxy groups -OCH3 is 1. The van der Waals surface area contributed by atoms with Gasteiger partial charge in [-0.3, -0.25) is 4.79 Å². The Hall–Kier alpha value is -1.90. The highest BCUT2D eigenvalue weighted by Crippen LogP contribution is 2.34. The molecule has 9 heteroatoms. The van der Waals surface area contributed by atoms with Gasteiger partial charge in [0, 0.05) is 12.1 Å². The molecule has 0 saturated carbocycles. The Balaban J connectivity index is 2.57. The lowest BCUT2D eigenvalue weighted by atomic mass is 10.1. The number of ether oxygens (including phenoxy) is 1. The van der Waals surface area contributed by atoms with Crippen molar-refractivity contribution in [3.05, 3.63) is 27.7 Å². The lowest BCUT2D eigenvalue weighted by Crippen LogP contribution is -2.32. The van der Waals surface area contributed by atoms with Crippen LogP contribution in [-0.4, -0.2) is 30.0 Å². The van der Waals surface area contributed by atoms with Gasteiger partial charge in [-0.2, -0.15) is 13.2 Å². The Morgan fingerprint density at radius 2 is 2.09 bits per heavy atom. The number of aryl methyl sites for hydroxylation is 1. The number of carbonyl (C=O) groups excluding carboxylic acids is 2. The fraction of sp³-hybridized carbons (Fsp3) is 0.500. The molecular formula is C14H17F3N2O3S. The van der Waals surface area contributed by atoms with E-state index in [0.29, 0.717) is 24.2 Å². The summed E-state index contributed by atoms with van der Waals surface area (Å²) in [4.78, 5) is 26.2. The van der Waals surface area contributed by atoms with E-state index in [9.17, 15) is 22.8 Å². The fourth-order valence-electron chi connectivity index (χ4n) is 1.68. The van der Waals surface area contributed by atoms with Crippen molar-refractivity contribution in [2.75, 3.05) is 7.11 Å². The average Bonchev–Trinajstić information content (AvgIpc) is 2.85. The highest BCUT2D eigenvalue weighted by Gasteiger charge is 2.36. The van der Waals surface area contributed by atoms with Crippen molar-refractivity contribution in [1.29, 1.82) is 0 Å². The average molecular weight is 350 g/mol. The second-order valence-electron chi connectivity index (χ2n) is 4.81. The van der Waals surface area contributed by atoms with Crippen LogP contribution in [-0.2, 0) is 15.7 Å². The number of thiazole rings is 1. The molecule has 0 bridgehead atoms. The second kappa shape index (κ2) is 8.09. The first-order chi connectivity index (χ1) is 10.6. The Labute approximate surface area is 135 Å². The van der Waals surface area contributed by atoms with Crippen molar-refractivity contribution >= 4 is 23.2 Å². The number of nitrogens with one attached hydrogen (secondary N) is 1. The second-order valence-corrected chi connectivity index (χ2v) is 5.81. The molecular weight excluding hydrogens is 333 g/mol. The third-order valence-corrected chi connectivity index (χ3v) is 4.05. The molecule has 1 atom stereocenters. The molecule has 1 rings (SSSR count). The predicted octanol–water partition coefficient (Wildman–Crippen LogP) is 3.10. The highest BCUT2D eigenvalue weighted by atomic mass is 32.1. The van der Waals surface area contributed by atoms with E-state index in [4.69, 9.17) is 0 Å². The molecule has 0 aliphatic carbocycles. The van der Waals surface area contributed by atoms with Crippen molar-refractivity contribution in [2.24, 2.45) is 0 Å². The van der Waals surface area contributed by atoms with E-state index in [-0.39, 0.29) is 16.6 Å². The number of allylic oxidation sites excluding steroid dienone is 1. The van der Waals surface area contributed by atoms with Gasteiger partial charge < -0.3 is 10.1 Å². The SMILES string of the molecule is COC(=O)/C=C/CCC(C)NC(=O)c1sc(C(F)(F)F)nc1C. The Morgan fingerprint density at radius 1 is 1.43 bits per heavy atom. The van der Waals surface area contributed by atoms with Crippen molar-refractivity contribution in [1.82, 2.24) is 10.3 Å². The van der Waals surface area contributed by atoms with Gasteiger partial charge in [0.1, 0.15) is 4.88 Å².